The van der Waals surface area contributed by atoms with E-state index in [0.29, 0.717) is 12.1 Å². The molecule has 0 spiro atoms. The molecule has 0 aromatic carbocycles. The van der Waals surface area contributed by atoms with Crippen molar-refractivity contribution in [3.63, 3.8) is 0 Å². The molecule has 1 saturated carbocycles. The molecule has 3 heteroatoms. The monoisotopic (exact) mass is 259 g/mol. The topological polar surface area (TPSA) is 28.2 Å². The molecule has 1 aliphatic carbocycles. The number of aromatic nitrogens is 1. The lowest BCUT2D eigenvalue weighted by Crippen LogP contribution is -2.33. The summed E-state index contributed by atoms with van der Waals surface area (Å²) in [5.74, 6) is 1.05. The van der Waals surface area contributed by atoms with Crippen LogP contribution in [0, 0.1) is 0 Å². The molecule has 0 bridgehead atoms. The lowest BCUT2D eigenvalue weighted by atomic mass is 9.93. The molecule has 1 atom stereocenters. The van der Waals surface area contributed by atoms with Crippen LogP contribution in [0.4, 0.5) is 5.82 Å². The summed E-state index contributed by atoms with van der Waals surface area (Å²) in [5.41, 5.74) is 1.39. The van der Waals surface area contributed by atoms with E-state index in [1.165, 1.54) is 50.6 Å². The zero-order chi connectivity index (χ0) is 13.1. The Labute approximate surface area is 116 Å². The number of rotatable bonds is 4. The fourth-order valence-electron chi connectivity index (χ4n) is 3.20. The van der Waals surface area contributed by atoms with Crippen molar-refractivity contribution in [1.82, 2.24) is 9.88 Å². The highest BCUT2D eigenvalue weighted by Gasteiger charge is 2.23. The highest BCUT2D eigenvalue weighted by Crippen LogP contribution is 2.30. The Morgan fingerprint density at radius 3 is 2.74 bits per heavy atom. The van der Waals surface area contributed by atoms with Gasteiger partial charge in [0, 0.05) is 18.3 Å². The standard InChI is InChI=1S/C16H25N3/c1-2-19-11-4-3-8-15(19)13-9-10-16(17-12-13)18-14-6-5-7-14/h9-10,12,14-15H,2-8,11H2,1H3,(H,17,18). The van der Waals surface area contributed by atoms with Gasteiger partial charge >= 0.3 is 0 Å². The van der Waals surface area contributed by atoms with Gasteiger partial charge < -0.3 is 5.32 Å². The molecule has 0 radical (unpaired) electrons. The van der Waals surface area contributed by atoms with Gasteiger partial charge in [-0.05, 0) is 56.8 Å². The zero-order valence-corrected chi connectivity index (χ0v) is 11.9. The van der Waals surface area contributed by atoms with Crippen LogP contribution in [0.3, 0.4) is 0 Å². The fourth-order valence-corrected chi connectivity index (χ4v) is 3.20. The van der Waals surface area contributed by atoms with Gasteiger partial charge in [-0.2, -0.15) is 0 Å². The molecule has 2 aliphatic rings. The number of hydrogen-bond donors (Lipinski definition) is 1. The van der Waals surface area contributed by atoms with E-state index >= 15 is 0 Å². The SMILES string of the molecule is CCN1CCCCC1c1ccc(NC2CCC2)nc1. The second-order valence-corrected chi connectivity index (χ2v) is 5.89. The van der Waals surface area contributed by atoms with Crippen molar-refractivity contribution in [2.24, 2.45) is 0 Å². The van der Waals surface area contributed by atoms with Gasteiger partial charge in [0.1, 0.15) is 5.82 Å². The highest BCUT2D eigenvalue weighted by molar-refractivity contribution is 5.37. The number of nitrogens with one attached hydrogen (secondary N) is 1. The van der Waals surface area contributed by atoms with E-state index in [0.717, 1.165) is 12.4 Å². The van der Waals surface area contributed by atoms with Crippen LogP contribution >= 0.6 is 0 Å². The first-order valence-electron chi connectivity index (χ1n) is 7.83. The zero-order valence-electron chi connectivity index (χ0n) is 11.9. The van der Waals surface area contributed by atoms with E-state index in [1.54, 1.807) is 0 Å². The Bertz CT molecular complexity index is 397. The number of nitrogens with zero attached hydrogens (tertiary/aromatic N) is 2. The van der Waals surface area contributed by atoms with Gasteiger partial charge in [0.05, 0.1) is 0 Å². The van der Waals surface area contributed by atoms with Crippen LogP contribution in [0.5, 0.6) is 0 Å². The Hall–Kier alpha value is -1.09. The summed E-state index contributed by atoms with van der Waals surface area (Å²) in [6.07, 6.45) is 10.0. The van der Waals surface area contributed by atoms with E-state index in [4.69, 9.17) is 0 Å². The van der Waals surface area contributed by atoms with Crippen LogP contribution in [-0.2, 0) is 0 Å². The summed E-state index contributed by atoms with van der Waals surface area (Å²) in [6.45, 7) is 4.65. The molecule has 3 rings (SSSR count). The van der Waals surface area contributed by atoms with Crippen LogP contribution in [-0.4, -0.2) is 29.0 Å². The number of anilines is 1. The minimum Gasteiger partial charge on any atom is -0.367 e. The van der Waals surface area contributed by atoms with Crippen LogP contribution in [0.15, 0.2) is 18.3 Å². The first kappa shape index (κ1) is 12.9. The van der Waals surface area contributed by atoms with Gasteiger partial charge in [0.25, 0.3) is 0 Å². The Balaban J connectivity index is 1.66. The Morgan fingerprint density at radius 1 is 1.21 bits per heavy atom. The molecule has 104 valence electrons. The first-order valence-corrected chi connectivity index (χ1v) is 7.83. The van der Waals surface area contributed by atoms with Crippen molar-refractivity contribution in [2.45, 2.75) is 57.5 Å². The summed E-state index contributed by atoms with van der Waals surface area (Å²) >= 11 is 0. The molecular weight excluding hydrogens is 234 g/mol. The molecule has 1 saturated heterocycles. The van der Waals surface area contributed by atoms with Gasteiger partial charge in [-0.1, -0.05) is 19.4 Å². The summed E-state index contributed by atoms with van der Waals surface area (Å²) in [5, 5.41) is 3.51. The molecule has 1 unspecified atom stereocenters. The van der Waals surface area contributed by atoms with Crippen LogP contribution < -0.4 is 5.32 Å². The Kier molecular flexibility index (Phi) is 4.02. The summed E-state index contributed by atoms with van der Waals surface area (Å²) in [4.78, 5) is 7.19. The predicted octanol–water partition coefficient (Wildman–Crippen LogP) is 3.59. The third-order valence-electron chi connectivity index (χ3n) is 4.65. The molecule has 1 aromatic rings. The van der Waals surface area contributed by atoms with Crippen molar-refractivity contribution in [3.8, 4) is 0 Å². The van der Waals surface area contributed by atoms with Crippen molar-refractivity contribution in [1.29, 1.82) is 0 Å². The average Bonchev–Trinajstić information content (AvgIpc) is 2.43. The van der Waals surface area contributed by atoms with Crippen molar-refractivity contribution in [3.05, 3.63) is 23.9 Å². The molecule has 2 fully saturated rings. The quantitative estimate of drug-likeness (QED) is 0.895. The van der Waals surface area contributed by atoms with Crippen LogP contribution in [0.25, 0.3) is 0 Å². The number of pyridine rings is 1. The van der Waals surface area contributed by atoms with Crippen molar-refractivity contribution < 1.29 is 0 Å². The van der Waals surface area contributed by atoms with E-state index in [9.17, 15) is 0 Å². The maximum atomic E-state index is 4.61. The third kappa shape index (κ3) is 2.92. The second-order valence-electron chi connectivity index (χ2n) is 5.89. The first-order chi connectivity index (χ1) is 9.36. The third-order valence-corrected chi connectivity index (χ3v) is 4.65. The lowest BCUT2D eigenvalue weighted by Gasteiger charge is -2.35. The lowest BCUT2D eigenvalue weighted by molar-refractivity contribution is 0.157. The minimum absolute atomic E-state index is 0.587. The molecule has 1 N–H and O–H groups in total. The molecule has 2 heterocycles. The minimum atomic E-state index is 0.587. The molecule has 0 amide bonds. The van der Waals surface area contributed by atoms with E-state index in [1.807, 2.05) is 0 Å². The van der Waals surface area contributed by atoms with Gasteiger partial charge in [-0.3, -0.25) is 4.90 Å². The largest absolute Gasteiger partial charge is 0.367 e. The van der Waals surface area contributed by atoms with Gasteiger partial charge in [-0.15, -0.1) is 0 Å². The van der Waals surface area contributed by atoms with Crippen LogP contribution in [0.2, 0.25) is 0 Å². The van der Waals surface area contributed by atoms with Gasteiger partial charge in [0.15, 0.2) is 0 Å². The summed E-state index contributed by atoms with van der Waals surface area (Å²) in [7, 11) is 0. The average molecular weight is 259 g/mol. The van der Waals surface area contributed by atoms with E-state index in [-0.39, 0.29) is 0 Å². The second kappa shape index (κ2) is 5.91. The predicted molar refractivity (Wildman–Crippen MR) is 79.3 cm³/mol. The van der Waals surface area contributed by atoms with Crippen molar-refractivity contribution >= 4 is 5.82 Å². The fraction of sp³-hybridized carbons (Fsp3) is 0.688. The Morgan fingerprint density at radius 2 is 2.11 bits per heavy atom. The number of piperidine rings is 1. The maximum Gasteiger partial charge on any atom is 0.126 e. The van der Waals surface area contributed by atoms with Gasteiger partial charge in [-0.25, -0.2) is 4.98 Å². The maximum absolute atomic E-state index is 4.61. The normalized spacial score (nSPS) is 25.0. The molecule has 3 nitrogen and oxygen atoms in total. The summed E-state index contributed by atoms with van der Waals surface area (Å²) in [6, 6.07) is 5.69. The van der Waals surface area contributed by atoms with Crippen LogP contribution in [0.1, 0.15) is 57.1 Å². The molecule has 1 aliphatic heterocycles. The summed E-state index contributed by atoms with van der Waals surface area (Å²) < 4.78 is 0. The smallest absolute Gasteiger partial charge is 0.126 e. The van der Waals surface area contributed by atoms with Gasteiger partial charge in [0.2, 0.25) is 0 Å². The van der Waals surface area contributed by atoms with E-state index < -0.39 is 0 Å². The number of likely N-dealkylation sites (tertiary alicyclic amines) is 1. The molecular formula is C16H25N3. The van der Waals surface area contributed by atoms with E-state index in [2.05, 4.69) is 40.5 Å². The number of hydrogen-bond acceptors (Lipinski definition) is 3. The van der Waals surface area contributed by atoms with Crippen molar-refractivity contribution in [2.75, 3.05) is 18.4 Å². The molecule has 19 heavy (non-hydrogen) atoms. The molecule has 1 aromatic heterocycles. The highest BCUT2D eigenvalue weighted by atomic mass is 15.2.